The highest BCUT2D eigenvalue weighted by molar-refractivity contribution is 5.96. The molecule has 3 aromatic rings. The second kappa shape index (κ2) is 9.47. The SMILES string of the molecule is CCOC(=O)c1oc2ccccc2c1CN(C)Cc1ccc(OCC)c(OC)c1. The summed E-state index contributed by atoms with van der Waals surface area (Å²) in [7, 11) is 3.63. The molecular weight excluding hydrogens is 370 g/mol. The van der Waals surface area contributed by atoms with Crippen LogP contribution in [0.2, 0.25) is 0 Å². The zero-order chi connectivity index (χ0) is 20.8. The van der Waals surface area contributed by atoms with Crippen molar-refractivity contribution in [2.75, 3.05) is 27.4 Å². The van der Waals surface area contributed by atoms with Gasteiger partial charge in [0.15, 0.2) is 11.5 Å². The topological polar surface area (TPSA) is 61.1 Å². The molecule has 0 atom stereocenters. The Hall–Kier alpha value is -2.99. The number of benzene rings is 2. The molecular formula is C23H27NO5. The van der Waals surface area contributed by atoms with Crippen molar-refractivity contribution in [3.05, 3.63) is 59.4 Å². The maximum absolute atomic E-state index is 12.4. The summed E-state index contributed by atoms with van der Waals surface area (Å²) < 4.78 is 22.0. The Morgan fingerprint density at radius 3 is 2.55 bits per heavy atom. The van der Waals surface area contributed by atoms with Crippen LogP contribution in [-0.2, 0) is 17.8 Å². The van der Waals surface area contributed by atoms with Crippen molar-refractivity contribution in [2.45, 2.75) is 26.9 Å². The molecule has 1 aromatic heterocycles. The minimum atomic E-state index is -0.435. The maximum atomic E-state index is 12.4. The molecule has 1 heterocycles. The number of esters is 1. The van der Waals surface area contributed by atoms with Crippen LogP contribution in [0.4, 0.5) is 0 Å². The van der Waals surface area contributed by atoms with E-state index in [2.05, 4.69) is 4.90 Å². The van der Waals surface area contributed by atoms with Gasteiger partial charge in [-0.3, -0.25) is 4.90 Å². The summed E-state index contributed by atoms with van der Waals surface area (Å²) >= 11 is 0. The average molecular weight is 397 g/mol. The van der Waals surface area contributed by atoms with Gasteiger partial charge in [0, 0.05) is 24.0 Å². The lowest BCUT2D eigenvalue weighted by atomic mass is 10.1. The van der Waals surface area contributed by atoms with Crippen molar-refractivity contribution < 1.29 is 23.4 Å². The summed E-state index contributed by atoms with van der Waals surface area (Å²) in [5.74, 6) is 1.27. The molecule has 0 N–H and O–H groups in total. The predicted molar refractivity (Wildman–Crippen MR) is 112 cm³/mol. The van der Waals surface area contributed by atoms with Crippen LogP contribution in [0.3, 0.4) is 0 Å². The van der Waals surface area contributed by atoms with E-state index in [4.69, 9.17) is 18.6 Å². The van der Waals surface area contributed by atoms with Gasteiger partial charge in [-0.15, -0.1) is 0 Å². The van der Waals surface area contributed by atoms with Crippen molar-refractivity contribution >= 4 is 16.9 Å². The van der Waals surface area contributed by atoms with Gasteiger partial charge in [0.05, 0.1) is 20.3 Å². The minimum absolute atomic E-state index is 0.268. The lowest BCUT2D eigenvalue weighted by Crippen LogP contribution is -2.19. The van der Waals surface area contributed by atoms with Gasteiger partial charge in [-0.1, -0.05) is 24.3 Å². The number of carbonyl (C=O) groups excluding carboxylic acids is 1. The Bertz CT molecular complexity index is 979. The van der Waals surface area contributed by atoms with Crippen molar-refractivity contribution in [1.82, 2.24) is 4.90 Å². The number of furan rings is 1. The van der Waals surface area contributed by atoms with Crippen molar-refractivity contribution in [3.8, 4) is 11.5 Å². The van der Waals surface area contributed by atoms with Crippen LogP contribution >= 0.6 is 0 Å². The van der Waals surface area contributed by atoms with Crippen LogP contribution in [0.15, 0.2) is 46.9 Å². The average Bonchev–Trinajstić information content (AvgIpc) is 3.08. The van der Waals surface area contributed by atoms with Gasteiger partial charge in [-0.2, -0.15) is 0 Å². The monoisotopic (exact) mass is 397 g/mol. The molecule has 0 fully saturated rings. The van der Waals surface area contributed by atoms with Crippen LogP contribution in [0, 0.1) is 0 Å². The van der Waals surface area contributed by atoms with E-state index in [0.29, 0.717) is 37.6 Å². The van der Waals surface area contributed by atoms with Crippen molar-refractivity contribution in [2.24, 2.45) is 0 Å². The van der Waals surface area contributed by atoms with E-state index in [1.165, 1.54) is 0 Å². The Kier molecular flexibility index (Phi) is 6.77. The normalized spacial score (nSPS) is 11.1. The third kappa shape index (κ3) is 4.71. The molecule has 0 aliphatic heterocycles. The molecule has 2 aromatic carbocycles. The van der Waals surface area contributed by atoms with Gasteiger partial charge in [0.2, 0.25) is 5.76 Å². The molecule has 6 nitrogen and oxygen atoms in total. The van der Waals surface area contributed by atoms with Gasteiger partial charge in [0.1, 0.15) is 5.58 Å². The number of hydrogen-bond donors (Lipinski definition) is 0. The Labute approximate surface area is 171 Å². The summed E-state index contributed by atoms with van der Waals surface area (Å²) in [5, 5.41) is 0.923. The predicted octanol–water partition coefficient (Wildman–Crippen LogP) is 4.65. The molecule has 0 spiro atoms. The van der Waals surface area contributed by atoms with E-state index in [-0.39, 0.29) is 5.76 Å². The number of ether oxygens (including phenoxy) is 3. The van der Waals surface area contributed by atoms with Gasteiger partial charge in [0.25, 0.3) is 0 Å². The fourth-order valence-corrected chi connectivity index (χ4v) is 3.34. The largest absolute Gasteiger partial charge is 0.493 e. The van der Waals surface area contributed by atoms with Crippen LogP contribution < -0.4 is 9.47 Å². The number of hydrogen-bond acceptors (Lipinski definition) is 6. The fourth-order valence-electron chi connectivity index (χ4n) is 3.34. The lowest BCUT2D eigenvalue weighted by Gasteiger charge is -2.18. The first kappa shape index (κ1) is 20.7. The number of rotatable bonds is 9. The van der Waals surface area contributed by atoms with Gasteiger partial charge >= 0.3 is 5.97 Å². The van der Waals surface area contributed by atoms with E-state index >= 15 is 0 Å². The fraction of sp³-hybridized carbons (Fsp3) is 0.348. The number of carbonyl (C=O) groups is 1. The number of nitrogens with zero attached hydrogens (tertiary/aromatic N) is 1. The van der Waals surface area contributed by atoms with Crippen LogP contribution in [0.25, 0.3) is 11.0 Å². The molecule has 3 rings (SSSR count). The Balaban J connectivity index is 1.83. The zero-order valence-corrected chi connectivity index (χ0v) is 17.4. The van der Waals surface area contributed by atoms with E-state index in [1.54, 1.807) is 14.0 Å². The quantitative estimate of drug-likeness (QED) is 0.490. The first-order valence-corrected chi connectivity index (χ1v) is 9.73. The standard InChI is InChI=1S/C23H27NO5/c1-5-27-20-12-11-16(13-21(20)26-4)14-24(3)15-18-17-9-7-8-10-19(17)29-22(18)23(25)28-6-2/h7-13H,5-6,14-15H2,1-4H3. The summed E-state index contributed by atoms with van der Waals surface area (Å²) in [4.78, 5) is 14.5. The Morgan fingerprint density at radius 2 is 1.83 bits per heavy atom. The molecule has 0 aliphatic rings. The molecule has 0 bridgehead atoms. The molecule has 154 valence electrons. The molecule has 0 aliphatic carbocycles. The molecule has 0 saturated carbocycles. The second-order valence-electron chi connectivity index (χ2n) is 6.72. The van der Waals surface area contributed by atoms with E-state index in [0.717, 1.165) is 22.3 Å². The van der Waals surface area contributed by atoms with Crippen molar-refractivity contribution in [3.63, 3.8) is 0 Å². The van der Waals surface area contributed by atoms with Crippen LogP contribution in [-0.4, -0.2) is 38.2 Å². The van der Waals surface area contributed by atoms with E-state index < -0.39 is 5.97 Å². The smallest absolute Gasteiger partial charge is 0.374 e. The summed E-state index contributed by atoms with van der Waals surface area (Å²) in [6, 6.07) is 13.6. The molecule has 0 unspecified atom stereocenters. The van der Waals surface area contributed by atoms with Gasteiger partial charge < -0.3 is 18.6 Å². The molecule has 0 radical (unpaired) electrons. The third-order valence-electron chi connectivity index (χ3n) is 4.57. The summed E-state index contributed by atoms with van der Waals surface area (Å²) in [5.41, 5.74) is 2.60. The summed E-state index contributed by atoms with van der Waals surface area (Å²) in [6.07, 6.45) is 0. The highest BCUT2D eigenvalue weighted by Crippen LogP contribution is 2.30. The van der Waals surface area contributed by atoms with Gasteiger partial charge in [-0.05, 0) is 44.7 Å². The first-order valence-electron chi connectivity index (χ1n) is 9.73. The highest BCUT2D eigenvalue weighted by atomic mass is 16.5. The van der Waals surface area contributed by atoms with Crippen LogP contribution in [0.1, 0.15) is 35.5 Å². The highest BCUT2D eigenvalue weighted by Gasteiger charge is 2.22. The first-order chi connectivity index (χ1) is 14.1. The maximum Gasteiger partial charge on any atom is 0.374 e. The molecule has 0 amide bonds. The Morgan fingerprint density at radius 1 is 1.03 bits per heavy atom. The second-order valence-corrected chi connectivity index (χ2v) is 6.72. The van der Waals surface area contributed by atoms with E-state index in [9.17, 15) is 4.79 Å². The van der Waals surface area contributed by atoms with Crippen molar-refractivity contribution in [1.29, 1.82) is 0 Å². The molecule has 29 heavy (non-hydrogen) atoms. The summed E-state index contributed by atoms with van der Waals surface area (Å²) in [6.45, 7) is 5.82. The lowest BCUT2D eigenvalue weighted by molar-refractivity contribution is 0.0489. The zero-order valence-electron chi connectivity index (χ0n) is 17.4. The molecule has 0 saturated heterocycles. The third-order valence-corrected chi connectivity index (χ3v) is 4.57. The number of methoxy groups -OCH3 is 1. The number of fused-ring (bicyclic) bond motifs is 1. The van der Waals surface area contributed by atoms with Gasteiger partial charge in [-0.25, -0.2) is 4.79 Å². The van der Waals surface area contributed by atoms with E-state index in [1.807, 2.05) is 56.4 Å². The van der Waals surface area contributed by atoms with Crippen LogP contribution in [0.5, 0.6) is 11.5 Å². The minimum Gasteiger partial charge on any atom is -0.493 e. The number of para-hydroxylation sites is 1. The molecule has 6 heteroatoms.